The fourth-order valence-electron chi connectivity index (χ4n) is 1.66. The zero-order valence-corrected chi connectivity index (χ0v) is 9.33. The Bertz CT molecular complexity index is 596. The lowest BCUT2D eigenvalue weighted by Gasteiger charge is -2.10. The molecule has 0 aliphatic rings. The number of carbonyl (C=O) groups is 1. The molecule has 4 N–H and O–H groups in total. The quantitative estimate of drug-likeness (QED) is 0.567. The number of hydrogen-bond acceptors (Lipinski definition) is 5. The second-order valence-electron chi connectivity index (χ2n) is 3.67. The lowest BCUT2D eigenvalue weighted by atomic mass is 10.0. The Hall–Kier alpha value is -2.69. The molecule has 0 aromatic heterocycles. The summed E-state index contributed by atoms with van der Waals surface area (Å²) in [5.41, 5.74) is 6.91. The monoisotopic (exact) mass is 245 g/mol. The molecular weight excluding hydrogens is 234 g/mol. The molecule has 5 heteroatoms. The summed E-state index contributed by atoms with van der Waals surface area (Å²) in [6.45, 7) is 0.257. The van der Waals surface area contributed by atoms with Crippen molar-refractivity contribution >= 4 is 12.2 Å². The van der Waals surface area contributed by atoms with Crippen LogP contribution in [0.4, 0.5) is 5.69 Å². The van der Waals surface area contributed by atoms with E-state index < -0.39 is 0 Å². The Labute approximate surface area is 103 Å². The summed E-state index contributed by atoms with van der Waals surface area (Å²) in [4.78, 5) is 10.4. The fourth-order valence-corrected chi connectivity index (χ4v) is 1.66. The first-order chi connectivity index (χ1) is 8.61. The number of nitrogens with two attached hydrogens (primary N) is 1. The van der Waals surface area contributed by atoms with Crippen LogP contribution in [0.5, 0.6) is 17.2 Å². The van der Waals surface area contributed by atoms with Crippen LogP contribution in [0.15, 0.2) is 36.4 Å². The summed E-state index contributed by atoms with van der Waals surface area (Å²) >= 11 is 0. The van der Waals surface area contributed by atoms with E-state index in [4.69, 9.17) is 10.5 Å². The molecule has 0 heterocycles. The third-order valence-corrected chi connectivity index (χ3v) is 2.45. The smallest absolute Gasteiger partial charge is 0.298 e. The first-order valence-electron chi connectivity index (χ1n) is 5.14. The minimum Gasteiger partial charge on any atom is -0.508 e. The molecule has 0 amide bonds. The number of nitrogen functional groups attached to an aromatic ring is 1. The third-order valence-electron chi connectivity index (χ3n) is 2.45. The number of phenolic OH excluding ortho intramolecular Hbond substituents is 2. The number of phenols is 2. The van der Waals surface area contributed by atoms with E-state index in [1.54, 1.807) is 18.2 Å². The molecule has 0 aliphatic heterocycles. The van der Waals surface area contributed by atoms with Gasteiger partial charge in [-0.15, -0.1) is 0 Å². The zero-order valence-electron chi connectivity index (χ0n) is 9.33. The van der Waals surface area contributed by atoms with Crippen molar-refractivity contribution in [1.82, 2.24) is 0 Å². The molecule has 0 atom stereocenters. The standard InChI is InChI=1S/C13H11NO4/c14-8-1-3-10(12(17)5-8)11-4-2-9(16)6-13(11)18-7-15/h1-7,16-17H,14H2. The molecule has 2 aromatic carbocycles. The first kappa shape index (κ1) is 11.8. The van der Waals surface area contributed by atoms with E-state index in [0.717, 1.165) is 0 Å². The highest BCUT2D eigenvalue weighted by molar-refractivity contribution is 5.78. The van der Waals surface area contributed by atoms with Gasteiger partial charge in [-0.2, -0.15) is 0 Å². The van der Waals surface area contributed by atoms with E-state index in [1.165, 1.54) is 18.2 Å². The summed E-state index contributed by atoms with van der Waals surface area (Å²) in [6.07, 6.45) is 0. The van der Waals surface area contributed by atoms with Gasteiger partial charge in [0.1, 0.15) is 17.2 Å². The minimum atomic E-state index is -0.0365. The fraction of sp³-hybridized carbons (Fsp3) is 0. The van der Waals surface area contributed by atoms with Gasteiger partial charge in [0.2, 0.25) is 0 Å². The number of rotatable bonds is 3. The number of hydrogen-bond donors (Lipinski definition) is 3. The molecule has 18 heavy (non-hydrogen) atoms. The van der Waals surface area contributed by atoms with Crippen LogP contribution in [0, 0.1) is 0 Å². The van der Waals surface area contributed by atoms with Crippen LogP contribution in [0.25, 0.3) is 11.1 Å². The summed E-state index contributed by atoms with van der Waals surface area (Å²) in [7, 11) is 0. The van der Waals surface area contributed by atoms with Crippen molar-refractivity contribution in [2.45, 2.75) is 0 Å². The molecule has 92 valence electrons. The van der Waals surface area contributed by atoms with Crippen LogP contribution < -0.4 is 10.5 Å². The maximum absolute atomic E-state index is 10.4. The maximum atomic E-state index is 10.4. The third kappa shape index (κ3) is 2.20. The molecule has 0 bridgehead atoms. The Balaban J connectivity index is 2.59. The van der Waals surface area contributed by atoms with Gasteiger partial charge in [0.15, 0.2) is 0 Å². The van der Waals surface area contributed by atoms with Crippen LogP contribution in [0.1, 0.15) is 0 Å². The van der Waals surface area contributed by atoms with Gasteiger partial charge in [-0.05, 0) is 24.3 Å². The lowest BCUT2D eigenvalue weighted by Crippen LogP contribution is -1.92. The van der Waals surface area contributed by atoms with Crippen LogP contribution in [-0.4, -0.2) is 16.7 Å². The van der Waals surface area contributed by atoms with E-state index in [9.17, 15) is 15.0 Å². The first-order valence-corrected chi connectivity index (χ1v) is 5.14. The highest BCUT2D eigenvalue weighted by atomic mass is 16.5. The van der Waals surface area contributed by atoms with Gasteiger partial charge < -0.3 is 20.7 Å². The number of aromatic hydroxyl groups is 2. The van der Waals surface area contributed by atoms with Crippen LogP contribution >= 0.6 is 0 Å². The number of ether oxygens (including phenoxy) is 1. The van der Waals surface area contributed by atoms with E-state index in [0.29, 0.717) is 16.8 Å². The average Bonchev–Trinajstić information content (AvgIpc) is 2.31. The van der Waals surface area contributed by atoms with Crippen LogP contribution in [0.3, 0.4) is 0 Å². The Kier molecular flexibility index (Phi) is 3.05. The molecule has 2 rings (SSSR count). The minimum absolute atomic E-state index is 0.0311. The summed E-state index contributed by atoms with van der Waals surface area (Å²) in [6, 6.07) is 8.88. The molecule has 0 aliphatic carbocycles. The van der Waals surface area contributed by atoms with E-state index in [1.807, 2.05) is 0 Å². The Morgan fingerprint density at radius 2 is 1.78 bits per heavy atom. The van der Waals surface area contributed by atoms with E-state index >= 15 is 0 Å². The molecule has 0 spiro atoms. The molecule has 0 saturated carbocycles. The average molecular weight is 245 g/mol. The van der Waals surface area contributed by atoms with Gasteiger partial charge in [-0.3, -0.25) is 4.79 Å². The SMILES string of the molecule is Nc1ccc(-c2ccc(O)cc2OC=O)c(O)c1. The Morgan fingerprint density at radius 3 is 2.44 bits per heavy atom. The van der Waals surface area contributed by atoms with Crippen molar-refractivity contribution < 1.29 is 19.7 Å². The lowest BCUT2D eigenvalue weighted by molar-refractivity contribution is -0.120. The largest absolute Gasteiger partial charge is 0.508 e. The molecule has 0 radical (unpaired) electrons. The van der Waals surface area contributed by atoms with Gasteiger partial charge in [0.05, 0.1) is 0 Å². The van der Waals surface area contributed by atoms with Crippen LogP contribution in [0.2, 0.25) is 0 Å². The van der Waals surface area contributed by atoms with Crippen molar-refractivity contribution in [1.29, 1.82) is 0 Å². The predicted molar refractivity (Wildman–Crippen MR) is 66.3 cm³/mol. The van der Waals surface area contributed by atoms with Gasteiger partial charge in [0, 0.05) is 28.9 Å². The van der Waals surface area contributed by atoms with Crippen molar-refractivity contribution in [3.63, 3.8) is 0 Å². The van der Waals surface area contributed by atoms with Crippen LogP contribution in [-0.2, 0) is 4.79 Å². The normalized spacial score (nSPS) is 10.0. The van der Waals surface area contributed by atoms with Crippen molar-refractivity contribution in [3.05, 3.63) is 36.4 Å². The predicted octanol–water partition coefficient (Wildman–Crippen LogP) is 1.88. The zero-order chi connectivity index (χ0) is 13.1. The molecule has 2 aromatic rings. The highest BCUT2D eigenvalue weighted by Gasteiger charge is 2.11. The number of benzene rings is 2. The number of carbonyl (C=O) groups excluding carboxylic acids is 1. The summed E-state index contributed by atoms with van der Waals surface area (Å²) < 4.78 is 4.77. The molecule has 5 nitrogen and oxygen atoms in total. The molecule has 0 saturated heterocycles. The Morgan fingerprint density at radius 1 is 1.06 bits per heavy atom. The summed E-state index contributed by atoms with van der Waals surface area (Å²) in [5.74, 6) is 0.0899. The van der Waals surface area contributed by atoms with Crippen molar-refractivity contribution in [3.8, 4) is 28.4 Å². The van der Waals surface area contributed by atoms with Gasteiger partial charge in [-0.1, -0.05) is 0 Å². The molecule has 0 fully saturated rings. The van der Waals surface area contributed by atoms with E-state index in [-0.39, 0.29) is 23.7 Å². The van der Waals surface area contributed by atoms with Gasteiger partial charge >= 0.3 is 0 Å². The summed E-state index contributed by atoms with van der Waals surface area (Å²) in [5, 5.41) is 19.2. The van der Waals surface area contributed by atoms with Gasteiger partial charge in [0.25, 0.3) is 6.47 Å². The second-order valence-corrected chi connectivity index (χ2v) is 3.67. The second kappa shape index (κ2) is 4.67. The topological polar surface area (TPSA) is 92.8 Å². The highest BCUT2D eigenvalue weighted by Crippen LogP contribution is 2.38. The van der Waals surface area contributed by atoms with Gasteiger partial charge in [-0.25, -0.2) is 0 Å². The molecular formula is C13H11NO4. The molecule has 0 unspecified atom stereocenters. The maximum Gasteiger partial charge on any atom is 0.298 e. The van der Waals surface area contributed by atoms with Crippen molar-refractivity contribution in [2.75, 3.05) is 5.73 Å². The number of anilines is 1. The van der Waals surface area contributed by atoms with E-state index in [2.05, 4.69) is 0 Å². The van der Waals surface area contributed by atoms with Crippen molar-refractivity contribution in [2.24, 2.45) is 0 Å².